The average molecular weight is 391 g/mol. The Labute approximate surface area is 160 Å². The summed E-state index contributed by atoms with van der Waals surface area (Å²) in [5.74, 6) is -0.439. The second kappa shape index (κ2) is 8.00. The molecule has 0 radical (unpaired) electrons. The molecule has 1 aliphatic heterocycles. The molecule has 1 atom stereocenters. The second-order valence-corrected chi connectivity index (χ2v) is 6.96. The summed E-state index contributed by atoms with van der Waals surface area (Å²) < 4.78 is 38.4. The molecule has 1 fully saturated rings. The van der Waals surface area contributed by atoms with Crippen LogP contribution in [0.5, 0.6) is 0 Å². The first kappa shape index (κ1) is 19.9. The first-order valence-corrected chi connectivity index (χ1v) is 8.98. The van der Waals surface area contributed by atoms with Crippen molar-refractivity contribution in [1.29, 1.82) is 0 Å². The summed E-state index contributed by atoms with van der Waals surface area (Å²) in [6.45, 7) is 3.41. The summed E-state index contributed by atoms with van der Waals surface area (Å²) >= 11 is 0. The van der Waals surface area contributed by atoms with Gasteiger partial charge in [-0.25, -0.2) is 0 Å². The van der Waals surface area contributed by atoms with E-state index in [4.69, 9.17) is 0 Å². The molecule has 2 aromatic rings. The van der Waals surface area contributed by atoms with Crippen LogP contribution in [0.2, 0.25) is 0 Å². The largest absolute Gasteiger partial charge is 0.416 e. The van der Waals surface area contributed by atoms with Gasteiger partial charge in [-0.15, -0.1) is 0 Å². The number of carbonyl (C=O) groups is 2. The summed E-state index contributed by atoms with van der Waals surface area (Å²) in [7, 11) is 0. The topological polar surface area (TPSA) is 62.3 Å². The molecule has 28 heavy (non-hydrogen) atoms. The van der Waals surface area contributed by atoms with Gasteiger partial charge in [0.05, 0.1) is 5.56 Å². The molecule has 1 aromatic heterocycles. The van der Waals surface area contributed by atoms with Gasteiger partial charge in [-0.05, 0) is 49.1 Å². The van der Waals surface area contributed by atoms with Crippen molar-refractivity contribution in [2.75, 3.05) is 18.4 Å². The number of amides is 2. The Morgan fingerprint density at radius 1 is 1.21 bits per heavy atom. The monoisotopic (exact) mass is 391 g/mol. The van der Waals surface area contributed by atoms with E-state index in [1.807, 2.05) is 0 Å². The predicted octanol–water partition coefficient (Wildman–Crippen LogP) is 4.22. The first-order chi connectivity index (χ1) is 13.2. The maximum atomic E-state index is 12.8. The predicted molar refractivity (Wildman–Crippen MR) is 97.9 cm³/mol. The van der Waals surface area contributed by atoms with E-state index in [-0.39, 0.29) is 17.3 Å². The van der Waals surface area contributed by atoms with Crippen molar-refractivity contribution in [2.24, 2.45) is 5.92 Å². The van der Waals surface area contributed by atoms with Gasteiger partial charge in [0.15, 0.2) is 0 Å². The molecule has 8 heteroatoms. The van der Waals surface area contributed by atoms with Crippen molar-refractivity contribution in [3.63, 3.8) is 0 Å². The number of likely N-dealkylation sites (tertiary alicyclic amines) is 1. The highest BCUT2D eigenvalue weighted by atomic mass is 19.4. The Morgan fingerprint density at radius 2 is 2.00 bits per heavy atom. The van der Waals surface area contributed by atoms with Gasteiger partial charge < -0.3 is 10.2 Å². The number of nitrogens with one attached hydrogen (secondary N) is 1. The van der Waals surface area contributed by atoms with Crippen LogP contribution in [0.3, 0.4) is 0 Å². The van der Waals surface area contributed by atoms with Crippen LogP contribution in [0.25, 0.3) is 0 Å². The molecule has 5 nitrogen and oxygen atoms in total. The zero-order valence-electron chi connectivity index (χ0n) is 15.3. The van der Waals surface area contributed by atoms with Gasteiger partial charge >= 0.3 is 6.18 Å². The van der Waals surface area contributed by atoms with E-state index in [9.17, 15) is 22.8 Å². The van der Waals surface area contributed by atoms with Crippen molar-refractivity contribution in [3.8, 4) is 0 Å². The SMILES string of the molecule is CC1CCCN(C(=O)c2ccnc(C(=O)Nc3cccc(C(F)(F)F)c3)c2)C1. The van der Waals surface area contributed by atoms with Gasteiger partial charge in [-0.1, -0.05) is 13.0 Å². The van der Waals surface area contributed by atoms with E-state index in [1.54, 1.807) is 4.90 Å². The van der Waals surface area contributed by atoms with Crippen LogP contribution in [-0.2, 0) is 6.18 Å². The lowest BCUT2D eigenvalue weighted by Gasteiger charge is -2.31. The number of hydrogen-bond donors (Lipinski definition) is 1. The minimum absolute atomic E-state index is 0.00297. The molecule has 1 unspecified atom stereocenters. The zero-order valence-corrected chi connectivity index (χ0v) is 15.3. The molecule has 1 N–H and O–H groups in total. The van der Waals surface area contributed by atoms with Crippen molar-refractivity contribution in [1.82, 2.24) is 9.88 Å². The highest BCUT2D eigenvalue weighted by Crippen LogP contribution is 2.30. The molecule has 2 heterocycles. The van der Waals surface area contributed by atoms with Crippen molar-refractivity contribution < 1.29 is 22.8 Å². The normalized spacial score (nSPS) is 17.3. The summed E-state index contributed by atoms with van der Waals surface area (Å²) in [5.41, 5.74) is -0.559. The number of nitrogens with zero attached hydrogens (tertiary/aromatic N) is 2. The molecule has 0 aliphatic carbocycles. The number of piperidine rings is 1. The molecule has 148 valence electrons. The lowest BCUT2D eigenvalue weighted by molar-refractivity contribution is -0.137. The Morgan fingerprint density at radius 3 is 2.71 bits per heavy atom. The van der Waals surface area contributed by atoms with E-state index in [2.05, 4.69) is 17.2 Å². The highest BCUT2D eigenvalue weighted by molar-refractivity contribution is 6.04. The lowest BCUT2D eigenvalue weighted by Crippen LogP contribution is -2.39. The average Bonchev–Trinajstić information content (AvgIpc) is 2.67. The third-order valence-corrected chi connectivity index (χ3v) is 4.63. The quantitative estimate of drug-likeness (QED) is 0.852. The maximum absolute atomic E-state index is 12.8. The van der Waals surface area contributed by atoms with Gasteiger partial charge in [0.25, 0.3) is 11.8 Å². The maximum Gasteiger partial charge on any atom is 0.416 e. The fourth-order valence-corrected chi connectivity index (χ4v) is 3.21. The molecule has 0 bridgehead atoms. The van der Waals surface area contributed by atoms with E-state index < -0.39 is 17.6 Å². The van der Waals surface area contributed by atoms with Crippen molar-refractivity contribution in [2.45, 2.75) is 25.9 Å². The number of rotatable bonds is 3. The number of benzene rings is 1. The Bertz CT molecular complexity index is 883. The molecule has 2 amide bonds. The summed E-state index contributed by atoms with van der Waals surface area (Å²) in [5, 5.41) is 2.40. The molecule has 0 saturated carbocycles. The number of pyridine rings is 1. The summed E-state index contributed by atoms with van der Waals surface area (Å²) in [6.07, 6.45) is -1.15. The van der Waals surface area contributed by atoms with E-state index in [1.165, 1.54) is 30.5 Å². The number of anilines is 1. The molecule has 1 aromatic carbocycles. The molecular formula is C20H20F3N3O2. The fraction of sp³-hybridized carbons (Fsp3) is 0.350. The molecular weight excluding hydrogens is 371 g/mol. The Kier molecular flexibility index (Phi) is 5.67. The van der Waals surface area contributed by atoms with Crippen LogP contribution in [0, 0.1) is 5.92 Å². The van der Waals surface area contributed by atoms with Crippen LogP contribution in [0.1, 0.15) is 46.2 Å². The fourth-order valence-electron chi connectivity index (χ4n) is 3.21. The summed E-state index contributed by atoms with van der Waals surface area (Å²) in [6, 6.07) is 7.24. The smallest absolute Gasteiger partial charge is 0.338 e. The molecule has 3 rings (SSSR count). The van der Waals surface area contributed by atoms with Crippen molar-refractivity contribution >= 4 is 17.5 Å². The van der Waals surface area contributed by atoms with Gasteiger partial charge in [0.2, 0.25) is 0 Å². The van der Waals surface area contributed by atoms with Gasteiger partial charge in [0, 0.05) is 30.5 Å². The Hall–Kier alpha value is -2.90. The molecule has 0 spiro atoms. The Balaban J connectivity index is 1.75. The van der Waals surface area contributed by atoms with E-state index >= 15 is 0 Å². The lowest BCUT2D eigenvalue weighted by atomic mass is 9.99. The molecule has 1 saturated heterocycles. The van der Waals surface area contributed by atoms with Crippen LogP contribution >= 0.6 is 0 Å². The van der Waals surface area contributed by atoms with Gasteiger partial charge in [-0.2, -0.15) is 13.2 Å². The number of aromatic nitrogens is 1. The summed E-state index contributed by atoms with van der Waals surface area (Å²) in [4.78, 5) is 30.8. The number of alkyl halides is 3. The minimum Gasteiger partial charge on any atom is -0.338 e. The first-order valence-electron chi connectivity index (χ1n) is 8.98. The van der Waals surface area contributed by atoms with Crippen molar-refractivity contribution in [3.05, 3.63) is 59.4 Å². The number of hydrogen-bond acceptors (Lipinski definition) is 3. The standard InChI is InChI=1S/C20H20F3N3O2/c1-13-4-3-9-26(12-13)19(28)14-7-8-24-17(10-14)18(27)25-16-6-2-5-15(11-16)20(21,22)23/h2,5-8,10-11,13H,3-4,9,12H2,1H3,(H,25,27). The minimum atomic E-state index is -4.50. The van der Waals surface area contributed by atoms with E-state index in [0.717, 1.165) is 25.0 Å². The van der Waals surface area contributed by atoms with Crippen LogP contribution < -0.4 is 5.32 Å². The van der Waals surface area contributed by atoms with Gasteiger partial charge in [-0.3, -0.25) is 14.6 Å². The molecule has 1 aliphatic rings. The van der Waals surface area contributed by atoms with Gasteiger partial charge in [0.1, 0.15) is 5.69 Å². The zero-order chi connectivity index (χ0) is 20.3. The van der Waals surface area contributed by atoms with Crippen LogP contribution in [-0.4, -0.2) is 34.8 Å². The second-order valence-electron chi connectivity index (χ2n) is 6.96. The highest BCUT2D eigenvalue weighted by Gasteiger charge is 2.30. The third-order valence-electron chi connectivity index (χ3n) is 4.63. The van der Waals surface area contributed by atoms with Crippen LogP contribution in [0.4, 0.5) is 18.9 Å². The number of carbonyl (C=O) groups excluding carboxylic acids is 2. The van der Waals surface area contributed by atoms with Crippen LogP contribution in [0.15, 0.2) is 42.6 Å². The van der Waals surface area contributed by atoms with E-state index in [0.29, 0.717) is 24.6 Å². The number of halogens is 3. The third kappa shape index (κ3) is 4.68.